The van der Waals surface area contributed by atoms with Crippen molar-refractivity contribution >= 4 is 10.2 Å². The third kappa shape index (κ3) is 2.06. The van der Waals surface area contributed by atoms with Crippen molar-refractivity contribution in [3.8, 4) is 0 Å². The summed E-state index contributed by atoms with van der Waals surface area (Å²) in [7, 11) is 7.04. The van der Waals surface area contributed by atoms with E-state index in [4.69, 9.17) is 0 Å². The third-order valence-electron chi connectivity index (χ3n) is 1.81. The zero-order chi connectivity index (χ0) is 7.33. The van der Waals surface area contributed by atoms with Gasteiger partial charge in [-0.3, -0.25) is 16.0 Å². The van der Waals surface area contributed by atoms with Crippen molar-refractivity contribution in [2.24, 2.45) is 0 Å². The van der Waals surface area contributed by atoms with E-state index in [1.165, 1.54) is 10.2 Å². The maximum absolute atomic E-state index is 3.18. The highest BCUT2D eigenvalue weighted by atomic mass is 28.1. The second-order valence-corrected chi connectivity index (χ2v) is 2.72. The van der Waals surface area contributed by atoms with Crippen LogP contribution < -0.4 is 16.0 Å². The molecule has 0 saturated carbocycles. The smallest absolute Gasteiger partial charge is 0.119 e. The number of hydrogen-bond acceptors (Lipinski definition) is 3. The second kappa shape index (κ2) is 4.00. The molecule has 0 atom stereocenters. The Balaban J connectivity index is 3.82. The Morgan fingerprint density at radius 1 is 1.11 bits per heavy atom. The van der Waals surface area contributed by atoms with Gasteiger partial charge in [-0.05, 0) is 27.2 Å². The largest absolute Gasteiger partial charge is 0.290 e. The minimum Gasteiger partial charge on any atom is -0.290 e. The lowest BCUT2D eigenvalue weighted by atomic mass is 10.4. The minimum absolute atomic E-state index is 0.0216. The molecule has 4 heteroatoms. The van der Waals surface area contributed by atoms with Gasteiger partial charge in [-0.15, -0.1) is 0 Å². The van der Waals surface area contributed by atoms with E-state index < -0.39 is 0 Å². The topological polar surface area (TPSA) is 36.1 Å². The number of rotatable bonds is 4. The Labute approximate surface area is 60.0 Å². The summed E-state index contributed by atoms with van der Waals surface area (Å²) >= 11 is 0. The molecule has 0 aromatic carbocycles. The first-order valence-corrected chi connectivity index (χ1v) is 4.72. The molecule has 0 aromatic rings. The van der Waals surface area contributed by atoms with Crippen LogP contribution in [0.15, 0.2) is 0 Å². The van der Waals surface area contributed by atoms with Crippen LogP contribution >= 0.6 is 0 Å². The summed E-state index contributed by atoms with van der Waals surface area (Å²) in [6.45, 7) is 0. The van der Waals surface area contributed by atoms with Crippen LogP contribution in [0.1, 0.15) is 0 Å². The fourth-order valence-electron chi connectivity index (χ4n) is 0.905. The molecule has 0 heterocycles. The van der Waals surface area contributed by atoms with Gasteiger partial charge in [0, 0.05) is 10.2 Å². The van der Waals surface area contributed by atoms with Gasteiger partial charge in [-0.1, -0.05) is 0 Å². The SMILES string of the molecule is CNC(C[SiH3])(NC)NC. The van der Waals surface area contributed by atoms with Gasteiger partial charge in [0.25, 0.3) is 0 Å². The van der Waals surface area contributed by atoms with Gasteiger partial charge in [0.15, 0.2) is 0 Å². The van der Waals surface area contributed by atoms with Crippen molar-refractivity contribution in [1.29, 1.82) is 0 Å². The van der Waals surface area contributed by atoms with Crippen molar-refractivity contribution in [3.05, 3.63) is 0 Å². The second-order valence-electron chi connectivity index (χ2n) is 2.01. The number of nitrogens with one attached hydrogen (secondary N) is 3. The van der Waals surface area contributed by atoms with E-state index >= 15 is 0 Å². The zero-order valence-electron chi connectivity index (χ0n) is 6.71. The molecule has 0 bridgehead atoms. The summed E-state index contributed by atoms with van der Waals surface area (Å²) < 4.78 is 0. The van der Waals surface area contributed by atoms with Crippen molar-refractivity contribution in [2.45, 2.75) is 11.8 Å². The average molecular weight is 147 g/mol. The van der Waals surface area contributed by atoms with E-state index in [1.54, 1.807) is 0 Å². The first-order chi connectivity index (χ1) is 4.24. The lowest BCUT2D eigenvalue weighted by Gasteiger charge is -2.31. The molecule has 3 nitrogen and oxygen atoms in total. The van der Waals surface area contributed by atoms with Crippen LogP contribution in [0.4, 0.5) is 0 Å². The predicted octanol–water partition coefficient (Wildman–Crippen LogP) is -1.92. The average Bonchev–Trinajstić information content (AvgIpc) is 1.95. The van der Waals surface area contributed by atoms with Crippen LogP contribution in [0, 0.1) is 0 Å². The van der Waals surface area contributed by atoms with E-state index in [0.29, 0.717) is 0 Å². The van der Waals surface area contributed by atoms with Crippen molar-refractivity contribution in [3.63, 3.8) is 0 Å². The molecule has 0 unspecified atom stereocenters. The predicted molar refractivity (Wildman–Crippen MR) is 44.7 cm³/mol. The molecule has 0 fully saturated rings. The van der Waals surface area contributed by atoms with E-state index in [9.17, 15) is 0 Å². The minimum atomic E-state index is -0.0216. The Morgan fingerprint density at radius 3 is 1.44 bits per heavy atom. The number of hydrogen-bond donors (Lipinski definition) is 3. The standard InChI is InChI=1S/C5H17N3Si/c1-6-5(4-9,7-2)8-3/h6-8H,4H2,1-3,9H3. The van der Waals surface area contributed by atoms with Gasteiger partial charge >= 0.3 is 0 Å². The Kier molecular flexibility index (Phi) is 4.04. The Morgan fingerprint density at radius 2 is 1.44 bits per heavy atom. The quantitative estimate of drug-likeness (QED) is 0.321. The Hall–Kier alpha value is 0.0969. The molecule has 0 amide bonds. The molecule has 0 aliphatic heterocycles. The summed E-state index contributed by atoms with van der Waals surface area (Å²) in [5, 5.41) is 9.53. The third-order valence-corrected chi connectivity index (χ3v) is 2.87. The monoisotopic (exact) mass is 147 g/mol. The van der Waals surface area contributed by atoms with Gasteiger partial charge in [-0.2, -0.15) is 0 Å². The van der Waals surface area contributed by atoms with Crippen molar-refractivity contribution < 1.29 is 0 Å². The fraction of sp³-hybridized carbons (Fsp3) is 1.00. The lowest BCUT2D eigenvalue weighted by Crippen LogP contribution is -2.62. The highest BCUT2D eigenvalue weighted by Gasteiger charge is 2.18. The fourth-order valence-corrected chi connectivity index (χ4v) is 1.97. The van der Waals surface area contributed by atoms with Gasteiger partial charge < -0.3 is 0 Å². The van der Waals surface area contributed by atoms with Crippen LogP contribution in [0.3, 0.4) is 0 Å². The molecule has 0 spiro atoms. The summed E-state index contributed by atoms with van der Waals surface area (Å²) in [5.41, 5.74) is 0. The first kappa shape index (κ1) is 9.10. The van der Waals surface area contributed by atoms with E-state index in [2.05, 4.69) is 16.0 Å². The molecule has 0 aromatic heterocycles. The maximum Gasteiger partial charge on any atom is 0.119 e. The normalized spacial score (nSPS) is 12.3. The van der Waals surface area contributed by atoms with Crippen LogP contribution in [-0.2, 0) is 0 Å². The molecule has 56 valence electrons. The molecule has 9 heavy (non-hydrogen) atoms. The molecule has 0 aliphatic carbocycles. The van der Waals surface area contributed by atoms with Crippen molar-refractivity contribution in [1.82, 2.24) is 16.0 Å². The van der Waals surface area contributed by atoms with Crippen LogP contribution in [0.2, 0.25) is 6.04 Å². The summed E-state index contributed by atoms with van der Waals surface area (Å²) in [6.07, 6.45) is 0. The molecule has 0 saturated heterocycles. The summed E-state index contributed by atoms with van der Waals surface area (Å²) in [5.74, 6) is -0.0216. The van der Waals surface area contributed by atoms with Crippen molar-refractivity contribution in [2.75, 3.05) is 21.1 Å². The van der Waals surface area contributed by atoms with Gasteiger partial charge in [-0.25, -0.2) is 0 Å². The van der Waals surface area contributed by atoms with Crippen LogP contribution in [0.25, 0.3) is 0 Å². The Bertz CT molecular complexity index is 55.1. The van der Waals surface area contributed by atoms with E-state index in [1.807, 2.05) is 21.1 Å². The van der Waals surface area contributed by atoms with E-state index in [0.717, 1.165) is 6.04 Å². The molecule has 0 aliphatic rings. The highest BCUT2D eigenvalue weighted by molar-refractivity contribution is 6.09. The zero-order valence-corrected chi connectivity index (χ0v) is 8.71. The molecule has 0 rings (SSSR count). The van der Waals surface area contributed by atoms with Crippen LogP contribution in [0.5, 0.6) is 0 Å². The summed E-state index contributed by atoms with van der Waals surface area (Å²) in [4.78, 5) is 0. The molecule has 3 N–H and O–H groups in total. The van der Waals surface area contributed by atoms with Gasteiger partial charge in [0.2, 0.25) is 0 Å². The van der Waals surface area contributed by atoms with Gasteiger partial charge in [0.05, 0.1) is 0 Å². The van der Waals surface area contributed by atoms with E-state index in [-0.39, 0.29) is 5.79 Å². The van der Waals surface area contributed by atoms with Gasteiger partial charge in [0.1, 0.15) is 5.79 Å². The summed E-state index contributed by atoms with van der Waals surface area (Å²) in [6, 6.07) is 1.15. The molecular formula is C5H17N3Si. The lowest BCUT2D eigenvalue weighted by molar-refractivity contribution is 0.277. The van der Waals surface area contributed by atoms with Crippen LogP contribution in [-0.4, -0.2) is 37.2 Å². The highest BCUT2D eigenvalue weighted by Crippen LogP contribution is 1.94. The molecular weight excluding hydrogens is 130 g/mol. The first-order valence-electron chi connectivity index (χ1n) is 3.31. The molecule has 0 radical (unpaired) electrons. The maximum atomic E-state index is 3.18.